The van der Waals surface area contributed by atoms with Crippen molar-refractivity contribution in [1.29, 1.82) is 0 Å². The second kappa shape index (κ2) is 8.65. The molecule has 2 amide bonds. The minimum absolute atomic E-state index is 0.0169. The predicted octanol–water partition coefficient (Wildman–Crippen LogP) is 3.86. The number of phenolic OH excluding ortho intramolecular Hbond substituents is 1. The van der Waals surface area contributed by atoms with E-state index in [9.17, 15) is 9.90 Å². The Labute approximate surface area is 167 Å². The summed E-state index contributed by atoms with van der Waals surface area (Å²) in [5.41, 5.74) is 3.49. The number of likely N-dealkylation sites (tertiary alicyclic amines) is 1. The molecule has 28 heavy (non-hydrogen) atoms. The van der Waals surface area contributed by atoms with Crippen molar-refractivity contribution in [2.45, 2.75) is 51.4 Å². The first-order valence-electron chi connectivity index (χ1n) is 10.3. The summed E-state index contributed by atoms with van der Waals surface area (Å²) in [6, 6.07) is 16.0. The lowest BCUT2D eigenvalue weighted by molar-refractivity contribution is 0.191. The molecule has 1 saturated heterocycles. The molecule has 2 fully saturated rings. The highest BCUT2D eigenvalue weighted by Crippen LogP contribution is 2.28. The van der Waals surface area contributed by atoms with Crippen LogP contribution in [-0.4, -0.2) is 40.1 Å². The second-order valence-electron chi connectivity index (χ2n) is 7.98. The Balaban J connectivity index is 1.30. The van der Waals surface area contributed by atoms with Gasteiger partial charge >= 0.3 is 6.03 Å². The van der Waals surface area contributed by atoms with E-state index in [2.05, 4.69) is 34.5 Å². The van der Waals surface area contributed by atoms with Crippen LogP contribution in [0.15, 0.2) is 48.5 Å². The molecular weight excluding hydrogens is 350 g/mol. The van der Waals surface area contributed by atoms with E-state index in [1.54, 1.807) is 12.1 Å². The zero-order valence-corrected chi connectivity index (χ0v) is 16.3. The van der Waals surface area contributed by atoms with Gasteiger partial charge in [-0.2, -0.15) is 0 Å². The topological polar surface area (TPSA) is 55.8 Å². The van der Waals surface area contributed by atoms with Gasteiger partial charge in [-0.05, 0) is 67.6 Å². The molecule has 5 heteroatoms. The number of amides is 2. The molecule has 0 atom stereocenters. The van der Waals surface area contributed by atoms with Gasteiger partial charge in [0.15, 0.2) is 0 Å². The minimum Gasteiger partial charge on any atom is -0.508 e. The second-order valence-corrected chi connectivity index (χ2v) is 7.98. The highest BCUT2D eigenvalue weighted by molar-refractivity contribution is 5.75. The van der Waals surface area contributed by atoms with Crippen LogP contribution in [0.5, 0.6) is 5.75 Å². The van der Waals surface area contributed by atoms with Gasteiger partial charge in [0.25, 0.3) is 0 Å². The van der Waals surface area contributed by atoms with E-state index >= 15 is 0 Å². The van der Waals surface area contributed by atoms with Crippen molar-refractivity contribution in [3.63, 3.8) is 0 Å². The van der Waals surface area contributed by atoms with E-state index < -0.39 is 0 Å². The average Bonchev–Trinajstić information content (AvgIpc) is 3.43. The molecule has 0 unspecified atom stereocenters. The third-order valence-corrected chi connectivity index (χ3v) is 5.61. The number of phenols is 1. The Morgan fingerprint density at radius 1 is 0.964 bits per heavy atom. The van der Waals surface area contributed by atoms with Crippen molar-refractivity contribution in [2.75, 3.05) is 13.1 Å². The lowest BCUT2D eigenvalue weighted by atomic mass is 10.1. The Hall–Kier alpha value is -2.53. The Kier molecular flexibility index (Phi) is 5.81. The van der Waals surface area contributed by atoms with Crippen LogP contribution < -0.4 is 5.32 Å². The lowest BCUT2D eigenvalue weighted by Gasteiger charge is -2.23. The molecule has 5 nitrogen and oxygen atoms in total. The summed E-state index contributed by atoms with van der Waals surface area (Å²) in [5, 5.41) is 12.5. The summed E-state index contributed by atoms with van der Waals surface area (Å²) in [6.45, 7) is 4.55. The predicted molar refractivity (Wildman–Crippen MR) is 110 cm³/mol. The van der Waals surface area contributed by atoms with Crippen LogP contribution in [0.4, 0.5) is 4.79 Å². The number of carbonyl (C=O) groups excluding carboxylic acids is 1. The first kappa shape index (κ1) is 18.8. The third-order valence-electron chi connectivity index (χ3n) is 5.61. The van der Waals surface area contributed by atoms with Gasteiger partial charge in [-0.3, -0.25) is 4.90 Å². The summed E-state index contributed by atoms with van der Waals surface area (Å²) >= 11 is 0. The number of rotatable bonds is 7. The SMILES string of the molecule is O=C(NCc1ccc(CN2CCCC2)cc1)N(Cc1ccc(O)cc1)C1CC1. The van der Waals surface area contributed by atoms with E-state index in [0.29, 0.717) is 19.1 Å². The van der Waals surface area contributed by atoms with Crippen molar-refractivity contribution >= 4 is 6.03 Å². The first-order valence-corrected chi connectivity index (χ1v) is 10.3. The average molecular weight is 380 g/mol. The van der Waals surface area contributed by atoms with Crippen LogP contribution in [0, 0.1) is 0 Å². The summed E-state index contributed by atoms with van der Waals surface area (Å²) < 4.78 is 0. The summed E-state index contributed by atoms with van der Waals surface area (Å²) in [7, 11) is 0. The number of aromatic hydroxyl groups is 1. The number of hydrogen-bond acceptors (Lipinski definition) is 3. The van der Waals surface area contributed by atoms with Gasteiger partial charge in [0.1, 0.15) is 5.75 Å². The molecule has 0 radical (unpaired) electrons. The van der Waals surface area contributed by atoms with Gasteiger partial charge in [0.2, 0.25) is 0 Å². The molecule has 148 valence electrons. The summed E-state index contributed by atoms with van der Waals surface area (Å²) in [5.74, 6) is 0.249. The summed E-state index contributed by atoms with van der Waals surface area (Å²) in [6.07, 6.45) is 4.75. The molecule has 2 N–H and O–H groups in total. The van der Waals surface area contributed by atoms with Crippen LogP contribution in [0.25, 0.3) is 0 Å². The first-order chi connectivity index (χ1) is 13.7. The van der Waals surface area contributed by atoms with E-state index in [-0.39, 0.29) is 11.8 Å². The van der Waals surface area contributed by atoms with Gasteiger partial charge in [-0.25, -0.2) is 4.79 Å². The van der Waals surface area contributed by atoms with Crippen molar-refractivity contribution in [3.8, 4) is 5.75 Å². The van der Waals surface area contributed by atoms with Crippen LogP contribution >= 0.6 is 0 Å². The molecule has 2 aliphatic rings. The molecule has 1 saturated carbocycles. The van der Waals surface area contributed by atoms with Gasteiger partial charge < -0.3 is 15.3 Å². The van der Waals surface area contributed by atoms with Crippen LogP contribution in [-0.2, 0) is 19.6 Å². The maximum atomic E-state index is 12.7. The molecular formula is C23H29N3O2. The standard InChI is InChI=1S/C23H29N3O2/c27-22-11-7-20(8-12-22)17-26(21-9-10-21)23(28)24-15-18-3-5-19(6-4-18)16-25-13-1-2-14-25/h3-8,11-12,21,27H,1-2,9-10,13-17H2,(H,24,28). The Bertz CT molecular complexity index is 778. The largest absolute Gasteiger partial charge is 0.508 e. The number of nitrogens with zero attached hydrogens (tertiary/aromatic N) is 2. The number of benzene rings is 2. The molecule has 4 rings (SSSR count). The fourth-order valence-electron chi connectivity index (χ4n) is 3.79. The highest BCUT2D eigenvalue weighted by Gasteiger charge is 2.32. The number of urea groups is 1. The monoisotopic (exact) mass is 379 g/mol. The van der Waals surface area contributed by atoms with Crippen molar-refractivity contribution in [2.24, 2.45) is 0 Å². The van der Waals surface area contributed by atoms with E-state index in [1.807, 2.05) is 17.0 Å². The van der Waals surface area contributed by atoms with Crippen molar-refractivity contribution in [3.05, 3.63) is 65.2 Å². The quantitative estimate of drug-likeness (QED) is 0.768. The van der Waals surface area contributed by atoms with E-state index in [0.717, 1.165) is 30.5 Å². The number of nitrogens with one attached hydrogen (secondary N) is 1. The molecule has 2 aromatic carbocycles. The Morgan fingerprint density at radius 3 is 2.21 bits per heavy atom. The number of carbonyl (C=O) groups is 1. The normalized spacial score (nSPS) is 16.9. The van der Waals surface area contributed by atoms with Crippen LogP contribution in [0.3, 0.4) is 0 Å². The van der Waals surface area contributed by atoms with Gasteiger partial charge in [0.05, 0.1) is 0 Å². The maximum Gasteiger partial charge on any atom is 0.318 e. The zero-order valence-electron chi connectivity index (χ0n) is 16.3. The highest BCUT2D eigenvalue weighted by atomic mass is 16.3. The number of hydrogen-bond donors (Lipinski definition) is 2. The van der Waals surface area contributed by atoms with Crippen LogP contribution in [0.2, 0.25) is 0 Å². The molecule has 0 bridgehead atoms. The van der Waals surface area contributed by atoms with Gasteiger partial charge in [-0.15, -0.1) is 0 Å². The molecule has 0 aromatic heterocycles. The molecule has 1 heterocycles. The molecule has 1 aliphatic carbocycles. The fraction of sp³-hybridized carbons (Fsp3) is 0.435. The Morgan fingerprint density at radius 2 is 1.57 bits per heavy atom. The van der Waals surface area contributed by atoms with Crippen LogP contribution in [0.1, 0.15) is 42.4 Å². The smallest absolute Gasteiger partial charge is 0.318 e. The minimum atomic E-state index is -0.0169. The van der Waals surface area contributed by atoms with Gasteiger partial charge in [-0.1, -0.05) is 36.4 Å². The van der Waals surface area contributed by atoms with E-state index in [4.69, 9.17) is 0 Å². The summed E-state index contributed by atoms with van der Waals surface area (Å²) in [4.78, 5) is 17.1. The maximum absolute atomic E-state index is 12.7. The van der Waals surface area contributed by atoms with Gasteiger partial charge in [0, 0.05) is 25.7 Å². The molecule has 2 aromatic rings. The van der Waals surface area contributed by atoms with Crippen molar-refractivity contribution < 1.29 is 9.90 Å². The fourth-order valence-corrected chi connectivity index (χ4v) is 3.79. The molecule has 1 aliphatic heterocycles. The third kappa shape index (κ3) is 5.04. The zero-order chi connectivity index (χ0) is 19.3. The van der Waals surface area contributed by atoms with Crippen molar-refractivity contribution in [1.82, 2.24) is 15.1 Å². The van der Waals surface area contributed by atoms with E-state index in [1.165, 1.54) is 31.5 Å². The molecule has 0 spiro atoms. The lowest BCUT2D eigenvalue weighted by Crippen LogP contribution is -2.40.